The zero-order valence-corrected chi connectivity index (χ0v) is 10.7. The lowest BCUT2D eigenvalue weighted by Gasteiger charge is -2.24. The van der Waals surface area contributed by atoms with Gasteiger partial charge in [-0.05, 0) is 37.4 Å². The van der Waals surface area contributed by atoms with E-state index in [0.29, 0.717) is 18.5 Å². The fourth-order valence-electron chi connectivity index (χ4n) is 3.09. The molecule has 0 bridgehead atoms. The van der Waals surface area contributed by atoms with E-state index >= 15 is 0 Å². The molecule has 102 valence electrons. The molecule has 2 aliphatic rings. The molecule has 2 aliphatic heterocycles. The number of benzene rings is 1. The molecule has 19 heavy (non-hydrogen) atoms. The molecule has 1 aromatic carbocycles. The number of para-hydroxylation sites is 1. The number of nitrogens with zero attached hydrogens (tertiary/aromatic N) is 1. The highest BCUT2D eigenvalue weighted by molar-refractivity contribution is 5.97. The van der Waals surface area contributed by atoms with E-state index in [-0.39, 0.29) is 23.0 Å². The van der Waals surface area contributed by atoms with E-state index in [0.717, 1.165) is 25.9 Å². The van der Waals surface area contributed by atoms with Crippen LogP contribution in [0, 0.1) is 5.92 Å². The Morgan fingerprint density at radius 2 is 2.16 bits per heavy atom. The predicted molar refractivity (Wildman–Crippen MR) is 70.2 cm³/mol. The molecule has 0 aromatic heterocycles. The number of piperidine rings is 1. The van der Waals surface area contributed by atoms with Crippen molar-refractivity contribution in [2.45, 2.75) is 18.9 Å². The first-order chi connectivity index (χ1) is 9.16. The van der Waals surface area contributed by atoms with E-state index < -0.39 is 0 Å². The number of phenols is 2. The van der Waals surface area contributed by atoms with E-state index in [1.807, 2.05) is 0 Å². The Morgan fingerprint density at radius 1 is 1.32 bits per heavy atom. The molecule has 2 atom stereocenters. The lowest BCUT2D eigenvalue weighted by Crippen LogP contribution is -2.41. The molecule has 0 aliphatic carbocycles. The predicted octanol–water partition coefficient (Wildman–Crippen LogP) is 0.922. The standard InChI is InChI=1S/C14H18N2O3/c17-12-5-1-4-10(13(12)18)14(19)16-7-9-3-2-6-15-11(9)8-16/h1,4-5,9,11,15,17-18H,2-3,6-8H2/t9-,11+/m0/s1. The SMILES string of the molecule is O=C(c1cccc(O)c1O)N1C[C@@H]2CCCN[C@@H]2C1. The summed E-state index contributed by atoms with van der Waals surface area (Å²) in [6, 6.07) is 4.87. The smallest absolute Gasteiger partial charge is 0.257 e. The molecule has 0 radical (unpaired) electrons. The third-order valence-electron chi connectivity index (χ3n) is 4.13. The molecule has 1 aromatic rings. The Balaban J connectivity index is 1.79. The van der Waals surface area contributed by atoms with Gasteiger partial charge in [-0.25, -0.2) is 0 Å². The van der Waals surface area contributed by atoms with Gasteiger partial charge in [0.05, 0.1) is 5.56 Å². The molecule has 2 saturated heterocycles. The topological polar surface area (TPSA) is 72.8 Å². The molecule has 0 unspecified atom stereocenters. The number of nitrogens with one attached hydrogen (secondary N) is 1. The second-order valence-corrected chi connectivity index (χ2v) is 5.35. The van der Waals surface area contributed by atoms with Gasteiger partial charge < -0.3 is 20.4 Å². The number of fused-ring (bicyclic) bond motifs is 1. The van der Waals surface area contributed by atoms with Gasteiger partial charge in [-0.2, -0.15) is 0 Å². The van der Waals surface area contributed by atoms with Crippen molar-refractivity contribution in [1.82, 2.24) is 10.2 Å². The molecule has 1 amide bonds. The summed E-state index contributed by atoms with van der Waals surface area (Å²) in [5.74, 6) is -0.266. The summed E-state index contributed by atoms with van der Waals surface area (Å²) in [6.07, 6.45) is 2.30. The van der Waals surface area contributed by atoms with Crippen molar-refractivity contribution < 1.29 is 15.0 Å². The number of likely N-dealkylation sites (tertiary alicyclic amines) is 1. The van der Waals surface area contributed by atoms with E-state index in [2.05, 4.69) is 5.32 Å². The largest absolute Gasteiger partial charge is 0.504 e. The van der Waals surface area contributed by atoms with E-state index in [9.17, 15) is 15.0 Å². The first-order valence-corrected chi connectivity index (χ1v) is 6.70. The lowest BCUT2D eigenvalue weighted by atomic mass is 9.94. The third-order valence-corrected chi connectivity index (χ3v) is 4.13. The van der Waals surface area contributed by atoms with Gasteiger partial charge in [0.1, 0.15) is 0 Å². The Kier molecular flexibility index (Phi) is 3.06. The first-order valence-electron chi connectivity index (χ1n) is 6.70. The minimum atomic E-state index is -0.324. The van der Waals surface area contributed by atoms with Crippen molar-refractivity contribution in [2.75, 3.05) is 19.6 Å². The van der Waals surface area contributed by atoms with Crippen LogP contribution in [0.2, 0.25) is 0 Å². The summed E-state index contributed by atoms with van der Waals surface area (Å²) in [4.78, 5) is 14.2. The number of rotatable bonds is 1. The average Bonchev–Trinajstić information content (AvgIpc) is 2.85. The molecular weight excluding hydrogens is 244 g/mol. The summed E-state index contributed by atoms with van der Waals surface area (Å²) in [5.41, 5.74) is 0.179. The van der Waals surface area contributed by atoms with Gasteiger partial charge in [-0.15, -0.1) is 0 Å². The average molecular weight is 262 g/mol. The van der Waals surface area contributed by atoms with Crippen LogP contribution in [0.1, 0.15) is 23.2 Å². The van der Waals surface area contributed by atoms with Gasteiger partial charge in [0, 0.05) is 19.1 Å². The van der Waals surface area contributed by atoms with E-state index in [1.165, 1.54) is 6.07 Å². The van der Waals surface area contributed by atoms with Crippen molar-refractivity contribution in [3.05, 3.63) is 23.8 Å². The first kappa shape index (κ1) is 12.3. The van der Waals surface area contributed by atoms with Crippen LogP contribution in [0.5, 0.6) is 11.5 Å². The fraction of sp³-hybridized carbons (Fsp3) is 0.500. The third kappa shape index (κ3) is 2.14. The van der Waals surface area contributed by atoms with E-state index in [4.69, 9.17) is 0 Å². The maximum absolute atomic E-state index is 12.4. The van der Waals surface area contributed by atoms with Crippen molar-refractivity contribution >= 4 is 5.91 Å². The van der Waals surface area contributed by atoms with Crippen molar-refractivity contribution in [3.8, 4) is 11.5 Å². The molecule has 2 heterocycles. The fourth-order valence-corrected chi connectivity index (χ4v) is 3.09. The molecule has 2 fully saturated rings. The van der Waals surface area contributed by atoms with Gasteiger partial charge in [0.15, 0.2) is 11.5 Å². The summed E-state index contributed by atoms with van der Waals surface area (Å²) in [6.45, 7) is 2.42. The monoisotopic (exact) mass is 262 g/mol. The van der Waals surface area contributed by atoms with Crippen LogP contribution in [0.15, 0.2) is 18.2 Å². The van der Waals surface area contributed by atoms with Crippen molar-refractivity contribution in [2.24, 2.45) is 5.92 Å². The number of phenolic OH excluding ortho intramolecular Hbond substituents is 2. The van der Waals surface area contributed by atoms with Gasteiger partial charge in [-0.1, -0.05) is 6.07 Å². The highest BCUT2D eigenvalue weighted by Gasteiger charge is 2.37. The quantitative estimate of drug-likeness (QED) is 0.658. The zero-order valence-electron chi connectivity index (χ0n) is 10.7. The molecule has 5 heteroatoms. The van der Waals surface area contributed by atoms with Crippen molar-refractivity contribution in [1.29, 1.82) is 0 Å². The van der Waals surface area contributed by atoms with Crippen LogP contribution in [-0.4, -0.2) is 46.7 Å². The molecule has 5 nitrogen and oxygen atoms in total. The van der Waals surface area contributed by atoms with Crippen LogP contribution in [0.4, 0.5) is 0 Å². The van der Waals surface area contributed by atoms with Crippen LogP contribution in [-0.2, 0) is 0 Å². The number of carbonyl (C=O) groups is 1. The number of amides is 1. The Hall–Kier alpha value is -1.75. The van der Waals surface area contributed by atoms with Gasteiger partial charge >= 0.3 is 0 Å². The summed E-state index contributed by atoms with van der Waals surface area (Å²) >= 11 is 0. The van der Waals surface area contributed by atoms with Crippen molar-refractivity contribution in [3.63, 3.8) is 0 Å². The normalized spacial score (nSPS) is 26.2. The Morgan fingerprint density at radius 3 is 2.95 bits per heavy atom. The number of carbonyl (C=O) groups excluding carboxylic acids is 1. The minimum Gasteiger partial charge on any atom is -0.504 e. The second-order valence-electron chi connectivity index (χ2n) is 5.35. The highest BCUT2D eigenvalue weighted by atomic mass is 16.3. The van der Waals surface area contributed by atoms with Crippen LogP contribution in [0.3, 0.4) is 0 Å². The summed E-state index contributed by atoms with van der Waals surface area (Å²) in [5, 5.41) is 22.7. The maximum Gasteiger partial charge on any atom is 0.257 e. The number of hydrogen-bond acceptors (Lipinski definition) is 4. The van der Waals surface area contributed by atoms with Crippen LogP contribution < -0.4 is 5.32 Å². The van der Waals surface area contributed by atoms with Crippen LogP contribution in [0.25, 0.3) is 0 Å². The number of aromatic hydroxyl groups is 2. The van der Waals surface area contributed by atoms with Gasteiger partial charge in [0.25, 0.3) is 5.91 Å². The minimum absolute atomic E-state index is 0.179. The molecule has 0 spiro atoms. The van der Waals surface area contributed by atoms with Gasteiger partial charge in [0.2, 0.25) is 0 Å². The molecule has 3 N–H and O–H groups in total. The molecule has 3 rings (SSSR count). The maximum atomic E-state index is 12.4. The lowest BCUT2D eigenvalue weighted by molar-refractivity contribution is 0.0782. The molecular formula is C14H18N2O3. The zero-order chi connectivity index (χ0) is 13.4. The second kappa shape index (κ2) is 4.74. The number of hydrogen-bond donors (Lipinski definition) is 3. The Bertz CT molecular complexity index is 489. The highest BCUT2D eigenvalue weighted by Crippen LogP contribution is 2.31. The summed E-state index contributed by atoms with van der Waals surface area (Å²) in [7, 11) is 0. The van der Waals surface area contributed by atoms with Crippen LogP contribution >= 0.6 is 0 Å². The molecule has 0 saturated carbocycles. The summed E-state index contributed by atoms with van der Waals surface area (Å²) < 4.78 is 0. The Labute approximate surface area is 111 Å². The van der Waals surface area contributed by atoms with Gasteiger partial charge in [-0.3, -0.25) is 4.79 Å². The van der Waals surface area contributed by atoms with E-state index in [1.54, 1.807) is 17.0 Å².